The summed E-state index contributed by atoms with van der Waals surface area (Å²) in [6.07, 6.45) is 16.3. The average Bonchev–Trinajstić information content (AvgIpc) is 2.57. The van der Waals surface area contributed by atoms with E-state index in [-0.39, 0.29) is 16.9 Å². The molecule has 23 heavy (non-hydrogen) atoms. The SMILES string of the molecule is CCCCCCCCCCC=Cc1ccc(O)c(C=O)c1C=O. The lowest BCUT2D eigenvalue weighted by atomic mass is 10.0. The second-order valence-electron chi connectivity index (χ2n) is 5.90. The number of hydrogen-bond donors (Lipinski definition) is 1. The minimum atomic E-state index is -0.151. The van der Waals surface area contributed by atoms with Crippen molar-refractivity contribution in [2.24, 2.45) is 0 Å². The van der Waals surface area contributed by atoms with E-state index in [1.807, 2.05) is 12.2 Å². The van der Waals surface area contributed by atoms with Gasteiger partial charge in [0, 0.05) is 5.56 Å². The van der Waals surface area contributed by atoms with Crippen LogP contribution in [0.15, 0.2) is 18.2 Å². The monoisotopic (exact) mass is 316 g/mol. The number of phenols is 1. The van der Waals surface area contributed by atoms with Crippen LogP contribution in [0.2, 0.25) is 0 Å². The number of aldehydes is 2. The summed E-state index contributed by atoms with van der Waals surface area (Å²) >= 11 is 0. The number of rotatable bonds is 12. The molecule has 1 N–H and O–H groups in total. The van der Waals surface area contributed by atoms with E-state index in [4.69, 9.17) is 0 Å². The Bertz CT molecular complexity index is 518. The first kappa shape index (κ1) is 19.1. The van der Waals surface area contributed by atoms with E-state index < -0.39 is 0 Å². The normalized spacial score (nSPS) is 11.0. The highest BCUT2D eigenvalue weighted by Crippen LogP contribution is 2.23. The van der Waals surface area contributed by atoms with Crippen molar-refractivity contribution < 1.29 is 14.7 Å². The molecule has 1 aromatic carbocycles. The molecule has 3 nitrogen and oxygen atoms in total. The van der Waals surface area contributed by atoms with Crippen LogP contribution in [0.25, 0.3) is 6.08 Å². The third-order valence-corrected chi connectivity index (χ3v) is 4.06. The molecule has 3 heteroatoms. The second-order valence-corrected chi connectivity index (χ2v) is 5.90. The van der Waals surface area contributed by atoms with Gasteiger partial charge < -0.3 is 5.11 Å². The van der Waals surface area contributed by atoms with Crippen molar-refractivity contribution in [1.82, 2.24) is 0 Å². The molecule has 0 spiro atoms. The maximum Gasteiger partial charge on any atom is 0.154 e. The quantitative estimate of drug-likeness (QED) is 0.405. The number of allylic oxidation sites excluding steroid dienone is 1. The number of carbonyl (C=O) groups is 2. The Morgan fingerprint density at radius 1 is 0.870 bits per heavy atom. The van der Waals surface area contributed by atoms with E-state index in [0.29, 0.717) is 18.1 Å². The van der Waals surface area contributed by atoms with Gasteiger partial charge in [0.15, 0.2) is 12.6 Å². The molecule has 126 valence electrons. The fraction of sp³-hybridized carbons (Fsp3) is 0.500. The highest BCUT2D eigenvalue weighted by atomic mass is 16.3. The van der Waals surface area contributed by atoms with Crippen molar-refractivity contribution in [3.05, 3.63) is 34.9 Å². The van der Waals surface area contributed by atoms with Crippen molar-refractivity contribution in [2.45, 2.75) is 64.7 Å². The van der Waals surface area contributed by atoms with Gasteiger partial charge in [0.25, 0.3) is 0 Å². The number of aromatic hydroxyl groups is 1. The molecule has 0 aliphatic rings. The highest BCUT2D eigenvalue weighted by molar-refractivity contribution is 5.96. The lowest BCUT2D eigenvalue weighted by molar-refractivity contribution is 0.109. The Labute approximate surface area is 139 Å². The van der Waals surface area contributed by atoms with E-state index in [0.717, 1.165) is 12.8 Å². The molecule has 0 atom stereocenters. The molecule has 0 saturated carbocycles. The average molecular weight is 316 g/mol. The zero-order valence-corrected chi connectivity index (χ0v) is 14.1. The first-order chi connectivity index (χ1) is 11.2. The summed E-state index contributed by atoms with van der Waals surface area (Å²) in [5, 5.41) is 9.58. The fourth-order valence-electron chi connectivity index (χ4n) is 2.65. The Morgan fingerprint density at radius 2 is 1.48 bits per heavy atom. The number of hydrogen-bond acceptors (Lipinski definition) is 3. The molecule has 0 aliphatic carbocycles. The van der Waals surface area contributed by atoms with Crippen LogP contribution in [0.5, 0.6) is 5.75 Å². The number of carbonyl (C=O) groups excluding carboxylic acids is 2. The predicted molar refractivity (Wildman–Crippen MR) is 95.1 cm³/mol. The summed E-state index contributed by atoms with van der Waals surface area (Å²) in [6, 6.07) is 3.11. The van der Waals surface area contributed by atoms with Crippen LogP contribution < -0.4 is 0 Å². The van der Waals surface area contributed by atoms with Gasteiger partial charge in [-0.3, -0.25) is 9.59 Å². The Balaban J connectivity index is 2.35. The van der Waals surface area contributed by atoms with Gasteiger partial charge in [-0.05, 0) is 24.5 Å². The van der Waals surface area contributed by atoms with Gasteiger partial charge in [0.05, 0.1) is 5.56 Å². The fourth-order valence-corrected chi connectivity index (χ4v) is 2.65. The molecule has 0 radical (unpaired) electrons. The lowest BCUT2D eigenvalue weighted by Crippen LogP contribution is -1.95. The van der Waals surface area contributed by atoms with Gasteiger partial charge in [-0.1, -0.05) is 70.1 Å². The van der Waals surface area contributed by atoms with E-state index in [1.54, 1.807) is 6.07 Å². The van der Waals surface area contributed by atoms with Crippen LogP contribution in [-0.4, -0.2) is 17.7 Å². The Morgan fingerprint density at radius 3 is 2.09 bits per heavy atom. The minimum Gasteiger partial charge on any atom is -0.507 e. The van der Waals surface area contributed by atoms with E-state index in [9.17, 15) is 14.7 Å². The Kier molecular flexibility index (Phi) is 9.69. The van der Waals surface area contributed by atoms with Gasteiger partial charge in [-0.15, -0.1) is 0 Å². The van der Waals surface area contributed by atoms with Crippen molar-refractivity contribution >= 4 is 18.6 Å². The van der Waals surface area contributed by atoms with Crippen LogP contribution in [-0.2, 0) is 0 Å². The number of benzene rings is 1. The van der Waals surface area contributed by atoms with Gasteiger partial charge >= 0.3 is 0 Å². The van der Waals surface area contributed by atoms with Crippen molar-refractivity contribution in [3.63, 3.8) is 0 Å². The molecule has 0 saturated heterocycles. The van der Waals surface area contributed by atoms with E-state index in [2.05, 4.69) is 6.92 Å². The highest BCUT2D eigenvalue weighted by Gasteiger charge is 2.09. The van der Waals surface area contributed by atoms with Crippen LogP contribution >= 0.6 is 0 Å². The molecule has 0 fully saturated rings. The summed E-state index contributed by atoms with van der Waals surface area (Å²) in [4.78, 5) is 22.1. The number of phenolic OH excluding ortho intramolecular Hbond substituents is 1. The zero-order chi connectivity index (χ0) is 16.9. The smallest absolute Gasteiger partial charge is 0.154 e. The minimum absolute atomic E-state index is 0.0641. The third kappa shape index (κ3) is 6.81. The maximum atomic E-state index is 11.1. The zero-order valence-electron chi connectivity index (χ0n) is 14.1. The van der Waals surface area contributed by atoms with E-state index in [1.165, 1.54) is 51.0 Å². The van der Waals surface area contributed by atoms with Crippen LogP contribution in [0, 0.1) is 0 Å². The van der Waals surface area contributed by atoms with Crippen molar-refractivity contribution in [2.75, 3.05) is 0 Å². The van der Waals surface area contributed by atoms with Gasteiger partial charge in [-0.2, -0.15) is 0 Å². The van der Waals surface area contributed by atoms with E-state index >= 15 is 0 Å². The molecule has 0 aromatic heterocycles. The third-order valence-electron chi connectivity index (χ3n) is 4.06. The van der Waals surface area contributed by atoms with Crippen molar-refractivity contribution in [3.8, 4) is 5.75 Å². The molecule has 0 unspecified atom stereocenters. The largest absolute Gasteiger partial charge is 0.507 e. The van der Waals surface area contributed by atoms with Gasteiger partial charge in [0.1, 0.15) is 5.75 Å². The predicted octanol–water partition coefficient (Wildman–Crippen LogP) is 5.56. The summed E-state index contributed by atoms with van der Waals surface area (Å²) in [6.45, 7) is 2.23. The molecule has 1 aromatic rings. The summed E-state index contributed by atoms with van der Waals surface area (Å²) < 4.78 is 0. The maximum absolute atomic E-state index is 11.1. The van der Waals surface area contributed by atoms with Gasteiger partial charge in [-0.25, -0.2) is 0 Å². The summed E-state index contributed by atoms with van der Waals surface area (Å²) in [7, 11) is 0. The molecule has 0 aliphatic heterocycles. The van der Waals surface area contributed by atoms with Crippen LogP contribution in [0.1, 0.15) is 91.0 Å². The van der Waals surface area contributed by atoms with Crippen molar-refractivity contribution in [1.29, 1.82) is 0 Å². The number of unbranched alkanes of at least 4 members (excludes halogenated alkanes) is 8. The lowest BCUT2D eigenvalue weighted by Gasteiger charge is -2.04. The molecule has 1 rings (SSSR count). The van der Waals surface area contributed by atoms with Crippen LogP contribution in [0.3, 0.4) is 0 Å². The first-order valence-corrected chi connectivity index (χ1v) is 8.67. The summed E-state index contributed by atoms with van der Waals surface area (Å²) in [5.74, 6) is -0.151. The molecular formula is C20H28O3. The standard InChI is InChI=1S/C20H28O3/c1-2-3-4-5-6-7-8-9-10-11-12-17-13-14-20(23)19(16-22)18(17)15-21/h11-16,23H,2-10H2,1H3. The second kappa shape index (κ2) is 11.6. The van der Waals surface area contributed by atoms with Crippen LogP contribution in [0.4, 0.5) is 0 Å². The molecule has 0 amide bonds. The first-order valence-electron chi connectivity index (χ1n) is 8.67. The van der Waals surface area contributed by atoms with Gasteiger partial charge in [0.2, 0.25) is 0 Å². The molecule has 0 bridgehead atoms. The summed E-state index contributed by atoms with van der Waals surface area (Å²) in [5.41, 5.74) is 1.00. The Hall–Kier alpha value is -1.90. The topological polar surface area (TPSA) is 54.4 Å². The molecular weight excluding hydrogens is 288 g/mol. The molecule has 0 heterocycles.